The van der Waals surface area contributed by atoms with Crippen molar-refractivity contribution in [2.45, 2.75) is 77.7 Å². The molecule has 0 aromatic heterocycles. The minimum Gasteiger partial charge on any atom is -0.459 e. The van der Waals surface area contributed by atoms with E-state index in [0.717, 1.165) is 6.92 Å². The van der Waals surface area contributed by atoms with Crippen LogP contribution in [0.5, 0.6) is 0 Å². The lowest BCUT2D eigenvalue weighted by molar-refractivity contribution is -0.219. The number of methoxy groups -OCH3 is 1. The summed E-state index contributed by atoms with van der Waals surface area (Å²) in [5, 5.41) is 23.4. The van der Waals surface area contributed by atoms with Gasteiger partial charge >= 0.3 is 23.9 Å². The lowest BCUT2D eigenvalue weighted by Crippen LogP contribution is -2.66. The highest BCUT2D eigenvalue weighted by molar-refractivity contribution is 5.78. The zero-order valence-electron chi connectivity index (χ0n) is 22.6. The van der Waals surface area contributed by atoms with E-state index in [2.05, 4.69) is 0 Å². The Morgan fingerprint density at radius 3 is 2.16 bits per heavy atom. The van der Waals surface area contributed by atoms with E-state index < -0.39 is 77.2 Å². The Balaban J connectivity index is 2.44. The number of aliphatic hydroxyl groups excluding tert-OH is 1. The average molecular weight is 537 g/mol. The number of hydrogen-bond acceptors (Lipinski definition) is 11. The van der Waals surface area contributed by atoms with Gasteiger partial charge in [0.05, 0.1) is 17.9 Å². The van der Waals surface area contributed by atoms with Crippen LogP contribution in [-0.4, -0.2) is 83.9 Å². The lowest BCUT2D eigenvalue weighted by atomic mass is 9.56. The topological polar surface area (TPSA) is 155 Å². The molecule has 0 spiro atoms. The van der Waals surface area contributed by atoms with Crippen LogP contribution >= 0.6 is 0 Å². The summed E-state index contributed by atoms with van der Waals surface area (Å²) in [4.78, 5) is 49.8. The summed E-state index contributed by atoms with van der Waals surface area (Å²) in [6.07, 6.45) is -0.400. The van der Waals surface area contributed by atoms with Crippen molar-refractivity contribution < 1.29 is 53.1 Å². The van der Waals surface area contributed by atoms with Gasteiger partial charge in [-0.25, -0.2) is 0 Å². The van der Waals surface area contributed by atoms with E-state index in [-0.39, 0.29) is 6.61 Å². The van der Waals surface area contributed by atoms with Crippen LogP contribution in [0.4, 0.5) is 0 Å². The number of hydrogen-bond donors (Lipinski definition) is 2. The molecule has 2 N–H and O–H groups in total. The Bertz CT molecular complexity index is 1070. The van der Waals surface area contributed by atoms with E-state index in [9.17, 15) is 29.4 Å². The molecule has 11 nitrogen and oxygen atoms in total. The van der Waals surface area contributed by atoms with E-state index in [1.54, 1.807) is 26.0 Å². The number of carbonyl (C=O) groups excluding carboxylic acids is 4. The van der Waals surface area contributed by atoms with E-state index in [4.69, 9.17) is 23.7 Å². The maximum Gasteiger partial charge on any atom is 0.312 e. The summed E-state index contributed by atoms with van der Waals surface area (Å²) in [6, 6.07) is 0. The van der Waals surface area contributed by atoms with Gasteiger partial charge in [0.25, 0.3) is 0 Å². The molecular weight excluding hydrogens is 500 g/mol. The fraction of sp³-hybridized carbons (Fsp3) is 0.630. The normalized spacial score (nSPS) is 38.6. The van der Waals surface area contributed by atoms with Crippen LogP contribution in [0.25, 0.3) is 0 Å². The van der Waals surface area contributed by atoms with Crippen LogP contribution in [0.1, 0.15) is 41.5 Å². The number of carbonyl (C=O) groups is 4. The second kappa shape index (κ2) is 11.0. The third-order valence-electron chi connectivity index (χ3n) is 7.68. The molecule has 11 heteroatoms. The van der Waals surface area contributed by atoms with Crippen LogP contribution in [0.2, 0.25) is 0 Å². The quantitative estimate of drug-likeness (QED) is 0.295. The van der Waals surface area contributed by atoms with Crippen molar-refractivity contribution in [2.24, 2.45) is 17.3 Å². The standard InChI is InChI=1S/C27H36O11/c1-13-10-19(31)23(36-16(4)29)26(6)20(35-15(3)28)9-8-18(12-34-7)11-21-27(33,14(2)25(32)38-21)24(22(13)26)37-17(5)30/h8-11,14,19-24,31,33H,12H2,1-7H3. The Kier molecular flexibility index (Phi) is 8.55. The van der Waals surface area contributed by atoms with Crippen LogP contribution < -0.4 is 0 Å². The second-order valence-corrected chi connectivity index (χ2v) is 10.3. The summed E-state index contributed by atoms with van der Waals surface area (Å²) in [5.74, 6) is -5.00. The SMILES string of the molecule is COCC1=CC2OC(=O)C(C)C2(O)C(OC(C)=O)C2C(C)=CC(O)C(OC(C)=O)C2(C)C(OC(C)=O)C=C1. The molecule has 1 saturated heterocycles. The summed E-state index contributed by atoms with van der Waals surface area (Å²) >= 11 is 0. The van der Waals surface area contributed by atoms with Gasteiger partial charge in [0.2, 0.25) is 0 Å². The molecule has 38 heavy (non-hydrogen) atoms. The van der Waals surface area contributed by atoms with Gasteiger partial charge in [0.1, 0.15) is 24.4 Å². The summed E-state index contributed by atoms with van der Waals surface area (Å²) in [5.41, 5.74) is -2.68. The summed E-state index contributed by atoms with van der Waals surface area (Å²) in [6.45, 7) is 8.30. The predicted octanol–water partition coefficient (Wildman–Crippen LogP) is 1.16. The minimum absolute atomic E-state index is 0.0368. The third kappa shape index (κ3) is 5.14. The molecule has 1 fully saturated rings. The van der Waals surface area contributed by atoms with Crippen molar-refractivity contribution in [1.29, 1.82) is 0 Å². The molecular formula is C27H36O11. The number of rotatable bonds is 5. The molecule has 0 aromatic rings. The largest absolute Gasteiger partial charge is 0.459 e. The zero-order chi connectivity index (χ0) is 28.6. The summed E-state index contributed by atoms with van der Waals surface area (Å²) < 4.78 is 28.0. The second-order valence-electron chi connectivity index (χ2n) is 10.3. The maximum absolute atomic E-state index is 12.8. The highest BCUT2D eigenvalue weighted by Crippen LogP contribution is 2.54. The third-order valence-corrected chi connectivity index (χ3v) is 7.68. The smallest absolute Gasteiger partial charge is 0.312 e. The van der Waals surface area contributed by atoms with E-state index in [0.29, 0.717) is 11.1 Å². The maximum atomic E-state index is 12.8. The van der Waals surface area contributed by atoms with Gasteiger partial charge in [0, 0.05) is 33.8 Å². The van der Waals surface area contributed by atoms with Gasteiger partial charge in [-0.3, -0.25) is 19.2 Å². The molecule has 2 aliphatic carbocycles. The highest BCUT2D eigenvalue weighted by atomic mass is 16.6. The van der Waals surface area contributed by atoms with Gasteiger partial charge in [-0.15, -0.1) is 0 Å². The Labute approximate surface area is 221 Å². The molecule has 0 bridgehead atoms. The van der Waals surface area contributed by atoms with Crippen molar-refractivity contribution in [1.82, 2.24) is 0 Å². The van der Waals surface area contributed by atoms with E-state index in [1.165, 1.54) is 40.0 Å². The average Bonchev–Trinajstić information content (AvgIpc) is 3.01. The first kappa shape index (κ1) is 29.5. The molecule has 0 radical (unpaired) electrons. The molecule has 9 unspecified atom stereocenters. The Morgan fingerprint density at radius 2 is 1.61 bits per heavy atom. The van der Waals surface area contributed by atoms with Gasteiger partial charge in [-0.1, -0.05) is 24.6 Å². The van der Waals surface area contributed by atoms with Crippen LogP contribution in [-0.2, 0) is 42.9 Å². The van der Waals surface area contributed by atoms with E-state index in [1.807, 2.05) is 0 Å². The fourth-order valence-corrected chi connectivity index (χ4v) is 5.99. The molecule has 1 heterocycles. The molecule has 0 saturated carbocycles. The summed E-state index contributed by atoms with van der Waals surface area (Å²) in [7, 11) is 1.45. The first-order chi connectivity index (χ1) is 17.7. The van der Waals surface area contributed by atoms with Crippen molar-refractivity contribution in [3.8, 4) is 0 Å². The van der Waals surface area contributed by atoms with Crippen molar-refractivity contribution in [2.75, 3.05) is 13.7 Å². The van der Waals surface area contributed by atoms with Gasteiger partial charge in [-0.2, -0.15) is 0 Å². The van der Waals surface area contributed by atoms with Crippen LogP contribution in [0, 0.1) is 17.3 Å². The first-order valence-electron chi connectivity index (χ1n) is 12.4. The highest BCUT2D eigenvalue weighted by Gasteiger charge is 2.67. The number of esters is 4. The zero-order valence-corrected chi connectivity index (χ0v) is 22.6. The Morgan fingerprint density at radius 1 is 1.03 bits per heavy atom. The fourth-order valence-electron chi connectivity index (χ4n) is 5.99. The van der Waals surface area contributed by atoms with Gasteiger partial charge < -0.3 is 33.9 Å². The number of ether oxygens (including phenoxy) is 5. The number of fused-ring (bicyclic) bond motifs is 2. The van der Waals surface area contributed by atoms with Crippen molar-refractivity contribution in [3.63, 3.8) is 0 Å². The van der Waals surface area contributed by atoms with Gasteiger partial charge in [0.15, 0.2) is 11.7 Å². The van der Waals surface area contributed by atoms with Gasteiger partial charge in [-0.05, 0) is 31.6 Å². The number of aliphatic hydroxyl groups is 2. The molecule has 9 atom stereocenters. The van der Waals surface area contributed by atoms with Crippen LogP contribution in [0.15, 0.2) is 35.5 Å². The van der Waals surface area contributed by atoms with Crippen molar-refractivity contribution >= 4 is 23.9 Å². The lowest BCUT2D eigenvalue weighted by Gasteiger charge is -2.54. The van der Waals surface area contributed by atoms with Crippen LogP contribution in [0.3, 0.4) is 0 Å². The predicted molar refractivity (Wildman–Crippen MR) is 131 cm³/mol. The van der Waals surface area contributed by atoms with E-state index >= 15 is 0 Å². The molecule has 1 aliphatic heterocycles. The minimum atomic E-state index is -2.10. The molecule has 0 aromatic carbocycles. The molecule has 0 amide bonds. The molecule has 210 valence electrons. The monoisotopic (exact) mass is 536 g/mol. The molecule has 3 rings (SSSR count). The van der Waals surface area contributed by atoms with Crippen molar-refractivity contribution in [3.05, 3.63) is 35.5 Å². The Hall–Kier alpha value is -3.02. The molecule has 3 aliphatic rings. The first-order valence-corrected chi connectivity index (χ1v) is 12.4.